The van der Waals surface area contributed by atoms with Crippen molar-refractivity contribution in [2.75, 3.05) is 5.32 Å². The maximum atomic E-state index is 13.6. The fourth-order valence-electron chi connectivity index (χ4n) is 2.26. The average Bonchev–Trinajstić information content (AvgIpc) is 2.81. The van der Waals surface area contributed by atoms with Crippen LogP contribution in [-0.4, -0.2) is 9.78 Å². The number of nitrogens with one attached hydrogen (secondary N) is 1. The van der Waals surface area contributed by atoms with E-state index in [9.17, 15) is 13.2 Å². The highest BCUT2D eigenvalue weighted by Crippen LogP contribution is 2.22. The lowest BCUT2D eigenvalue weighted by atomic mass is 10.2. The first-order valence-corrected chi connectivity index (χ1v) is 6.36. The smallest absolute Gasteiger partial charge is 0.196 e. The van der Waals surface area contributed by atoms with Gasteiger partial charge in [-0.15, -0.1) is 0 Å². The zero-order chi connectivity index (χ0) is 15.0. The van der Waals surface area contributed by atoms with E-state index in [1.54, 1.807) is 4.68 Å². The van der Waals surface area contributed by atoms with Gasteiger partial charge in [0.15, 0.2) is 17.5 Å². The third-order valence-electron chi connectivity index (χ3n) is 3.32. The molecule has 21 heavy (non-hydrogen) atoms. The van der Waals surface area contributed by atoms with Crippen molar-refractivity contribution in [3.8, 4) is 0 Å². The van der Waals surface area contributed by atoms with Gasteiger partial charge in [0.1, 0.15) is 0 Å². The molecule has 0 fully saturated rings. The third kappa shape index (κ3) is 2.33. The van der Waals surface area contributed by atoms with E-state index in [0.29, 0.717) is 5.69 Å². The normalized spacial score (nSPS) is 11.0. The zero-order valence-corrected chi connectivity index (χ0v) is 11.2. The Balaban J connectivity index is 1.89. The fraction of sp³-hybridized carbons (Fsp3) is 0.133. The molecular weight excluding hydrogens is 279 g/mol. The van der Waals surface area contributed by atoms with Crippen LogP contribution < -0.4 is 5.32 Å². The van der Waals surface area contributed by atoms with Gasteiger partial charge in [0, 0.05) is 12.4 Å². The molecule has 0 aliphatic heterocycles. The predicted octanol–water partition coefficient (Wildman–Crippen LogP) is 3.60. The summed E-state index contributed by atoms with van der Waals surface area (Å²) in [4.78, 5) is 0. The van der Waals surface area contributed by atoms with E-state index in [1.165, 1.54) is 6.07 Å². The second kappa shape index (κ2) is 5.12. The first-order chi connectivity index (χ1) is 10.1. The van der Waals surface area contributed by atoms with Gasteiger partial charge in [-0.1, -0.05) is 18.2 Å². The second-order valence-electron chi connectivity index (χ2n) is 4.66. The van der Waals surface area contributed by atoms with Crippen LogP contribution in [0.15, 0.2) is 36.4 Å². The Morgan fingerprint density at radius 1 is 1.05 bits per heavy atom. The Morgan fingerprint density at radius 3 is 2.62 bits per heavy atom. The maximum Gasteiger partial charge on any atom is 0.196 e. The highest BCUT2D eigenvalue weighted by atomic mass is 19.2. The number of halogens is 3. The molecule has 0 saturated heterocycles. The summed E-state index contributed by atoms with van der Waals surface area (Å²) >= 11 is 0. The van der Waals surface area contributed by atoms with E-state index in [4.69, 9.17) is 0 Å². The second-order valence-corrected chi connectivity index (χ2v) is 4.66. The minimum absolute atomic E-state index is 0.0939. The molecule has 0 radical (unpaired) electrons. The number of benzene rings is 2. The summed E-state index contributed by atoms with van der Waals surface area (Å²) in [5.74, 6) is -3.91. The number of rotatable bonds is 3. The van der Waals surface area contributed by atoms with E-state index in [-0.39, 0.29) is 12.2 Å². The van der Waals surface area contributed by atoms with E-state index < -0.39 is 17.5 Å². The lowest BCUT2D eigenvalue weighted by Gasteiger charge is -2.07. The highest BCUT2D eigenvalue weighted by Gasteiger charge is 2.14. The summed E-state index contributed by atoms with van der Waals surface area (Å²) in [6.07, 6.45) is 0. The molecule has 6 heteroatoms. The molecule has 1 aromatic heterocycles. The van der Waals surface area contributed by atoms with Crippen LogP contribution in [0.1, 0.15) is 5.69 Å². The lowest BCUT2D eigenvalue weighted by Crippen LogP contribution is -2.05. The number of para-hydroxylation sites is 1. The van der Waals surface area contributed by atoms with Crippen LogP contribution in [0.5, 0.6) is 0 Å². The molecule has 0 atom stereocenters. The number of nitrogens with zero attached hydrogens (tertiary/aromatic N) is 2. The average molecular weight is 291 g/mol. The van der Waals surface area contributed by atoms with Crippen molar-refractivity contribution in [3.63, 3.8) is 0 Å². The van der Waals surface area contributed by atoms with Crippen molar-refractivity contribution < 1.29 is 13.2 Å². The summed E-state index contributed by atoms with van der Waals surface area (Å²) < 4.78 is 41.3. The summed E-state index contributed by atoms with van der Waals surface area (Å²) in [5.41, 5.74) is 1.56. The topological polar surface area (TPSA) is 29.9 Å². The Morgan fingerprint density at radius 2 is 1.81 bits per heavy atom. The number of hydrogen-bond donors (Lipinski definition) is 1. The monoisotopic (exact) mass is 291 g/mol. The number of aryl methyl sites for hydroxylation is 1. The number of fused-ring (bicyclic) bond motifs is 1. The molecule has 0 aliphatic carbocycles. The fourth-order valence-corrected chi connectivity index (χ4v) is 2.26. The van der Waals surface area contributed by atoms with Crippen LogP contribution in [0.25, 0.3) is 10.9 Å². The highest BCUT2D eigenvalue weighted by molar-refractivity contribution is 5.82. The summed E-state index contributed by atoms with van der Waals surface area (Å²) in [7, 11) is 1.81. The van der Waals surface area contributed by atoms with Crippen molar-refractivity contribution in [2.24, 2.45) is 7.05 Å². The Labute approximate surface area is 119 Å². The van der Waals surface area contributed by atoms with E-state index in [1.807, 2.05) is 31.3 Å². The van der Waals surface area contributed by atoms with E-state index in [2.05, 4.69) is 10.4 Å². The first kappa shape index (κ1) is 13.5. The Bertz CT molecular complexity index is 811. The van der Waals surface area contributed by atoms with Gasteiger partial charge in [-0.3, -0.25) is 4.68 Å². The summed E-state index contributed by atoms with van der Waals surface area (Å²) in [6, 6.07) is 9.66. The Kier molecular flexibility index (Phi) is 3.29. The lowest BCUT2D eigenvalue weighted by molar-refractivity contribution is 0.449. The van der Waals surface area contributed by atoms with Gasteiger partial charge in [0.2, 0.25) is 0 Å². The first-order valence-electron chi connectivity index (χ1n) is 6.36. The van der Waals surface area contributed by atoms with Crippen molar-refractivity contribution in [2.45, 2.75) is 6.54 Å². The molecule has 1 heterocycles. The van der Waals surface area contributed by atoms with E-state index >= 15 is 0 Å². The minimum Gasteiger partial charge on any atom is -0.377 e. The summed E-state index contributed by atoms with van der Waals surface area (Å²) in [5, 5.41) is 8.01. The molecule has 0 amide bonds. The molecule has 108 valence electrons. The quantitative estimate of drug-likeness (QED) is 0.747. The maximum absolute atomic E-state index is 13.6. The molecule has 0 spiro atoms. The molecule has 0 unspecified atom stereocenters. The molecule has 3 rings (SSSR count). The van der Waals surface area contributed by atoms with Crippen molar-refractivity contribution in [1.82, 2.24) is 9.78 Å². The van der Waals surface area contributed by atoms with Crippen LogP contribution in [0.3, 0.4) is 0 Å². The van der Waals surface area contributed by atoms with Crippen LogP contribution >= 0.6 is 0 Å². The summed E-state index contributed by atoms with van der Waals surface area (Å²) in [6.45, 7) is 0.212. The number of hydrogen-bond acceptors (Lipinski definition) is 2. The Hall–Kier alpha value is -2.50. The van der Waals surface area contributed by atoms with Gasteiger partial charge < -0.3 is 5.32 Å². The molecule has 0 aliphatic rings. The van der Waals surface area contributed by atoms with Crippen molar-refractivity contribution in [3.05, 3.63) is 59.5 Å². The largest absolute Gasteiger partial charge is 0.377 e. The van der Waals surface area contributed by atoms with Gasteiger partial charge in [-0.05, 0) is 18.2 Å². The van der Waals surface area contributed by atoms with Crippen LogP contribution in [0.2, 0.25) is 0 Å². The minimum atomic E-state index is -1.48. The molecule has 0 saturated carbocycles. The van der Waals surface area contributed by atoms with Gasteiger partial charge in [0.05, 0.1) is 23.4 Å². The van der Waals surface area contributed by atoms with Crippen LogP contribution in [-0.2, 0) is 13.6 Å². The molecular formula is C15H12F3N3. The number of aromatic nitrogens is 2. The van der Waals surface area contributed by atoms with Gasteiger partial charge >= 0.3 is 0 Å². The van der Waals surface area contributed by atoms with Crippen LogP contribution in [0.4, 0.5) is 18.9 Å². The van der Waals surface area contributed by atoms with Crippen molar-refractivity contribution in [1.29, 1.82) is 0 Å². The molecule has 2 aromatic carbocycles. The van der Waals surface area contributed by atoms with Gasteiger partial charge in [-0.25, -0.2) is 13.2 Å². The molecule has 3 nitrogen and oxygen atoms in total. The SMILES string of the molecule is Cn1nc(CNc2ccc(F)c(F)c2F)c2ccccc21. The van der Waals surface area contributed by atoms with Gasteiger partial charge in [0.25, 0.3) is 0 Å². The number of anilines is 1. The zero-order valence-electron chi connectivity index (χ0n) is 11.2. The van der Waals surface area contributed by atoms with Crippen LogP contribution in [0, 0.1) is 17.5 Å². The standard InChI is InChI=1S/C15H12F3N3/c1-21-13-5-3-2-4-9(13)12(20-21)8-19-11-7-6-10(16)14(17)15(11)18/h2-7,19H,8H2,1H3. The molecule has 1 N–H and O–H groups in total. The predicted molar refractivity (Wildman–Crippen MR) is 74.4 cm³/mol. The molecule has 0 bridgehead atoms. The van der Waals surface area contributed by atoms with Crippen molar-refractivity contribution >= 4 is 16.6 Å². The molecule has 3 aromatic rings. The van der Waals surface area contributed by atoms with E-state index in [0.717, 1.165) is 17.0 Å². The third-order valence-corrected chi connectivity index (χ3v) is 3.32. The van der Waals surface area contributed by atoms with Gasteiger partial charge in [-0.2, -0.15) is 5.10 Å².